The highest BCUT2D eigenvalue weighted by atomic mass is 32.1. The minimum atomic E-state index is -0.799. The molecule has 0 bridgehead atoms. The molecule has 1 aromatic carbocycles. The van der Waals surface area contributed by atoms with Crippen molar-refractivity contribution in [3.8, 4) is 0 Å². The van der Waals surface area contributed by atoms with Gasteiger partial charge in [-0.1, -0.05) is 103 Å². The molecule has 1 aliphatic heterocycles. The predicted molar refractivity (Wildman–Crippen MR) is 165 cm³/mol. The summed E-state index contributed by atoms with van der Waals surface area (Å²) in [5, 5.41) is 5.75. The Morgan fingerprint density at radius 2 is 1.60 bits per heavy atom. The van der Waals surface area contributed by atoms with Gasteiger partial charge in [0.2, 0.25) is 11.8 Å². The average molecular weight is 574 g/mol. The topological polar surface area (TPSA) is 87.7 Å². The molecular formula is C32H51N3O4S. The zero-order valence-electron chi connectivity index (χ0n) is 25.1. The van der Waals surface area contributed by atoms with E-state index in [1.807, 2.05) is 19.1 Å². The summed E-state index contributed by atoms with van der Waals surface area (Å²) in [5.41, 5.74) is 2.14. The maximum atomic E-state index is 13.0. The van der Waals surface area contributed by atoms with Crippen LogP contribution in [0.5, 0.6) is 0 Å². The van der Waals surface area contributed by atoms with Gasteiger partial charge in [0.15, 0.2) is 5.11 Å². The second-order valence-corrected chi connectivity index (χ2v) is 11.8. The zero-order chi connectivity index (χ0) is 29.3. The molecule has 8 heteroatoms. The van der Waals surface area contributed by atoms with Crippen LogP contribution in [-0.4, -0.2) is 53.5 Å². The third kappa shape index (κ3) is 12.4. The van der Waals surface area contributed by atoms with Crippen molar-refractivity contribution < 1.29 is 19.1 Å². The van der Waals surface area contributed by atoms with Crippen LogP contribution in [0.25, 0.3) is 0 Å². The zero-order valence-corrected chi connectivity index (χ0v) is 26.0. The number of esters is 1. The Morgan fingerprint density at radius 3 is 2.20 bits per heavy atom. The highest BCUT2D eigenvalue weighted by molar-refractivity contribution is 7.80. The Bertz CT molecular complexity index is 935. The number of nitrogens with one attached hydrogen (secondary N) is 2. The molecule has 0 aliphatic carbocycles. The highest BCUT2D eigenvalue weighted by Crippen LogP contribution is 2.19. The van der Waals surface area contributed by atoms with E-state index < -0.39 is 17.9 Å². The average Bonchev–Trinajstić information content (AvgIpc) is 2.92. The number of hydrogen-bond acceptors (Lipinski definition) is 5. The maximum absolute atomic E-state index is 13.0. The molecule has 2 N–H and O–H groups in total. The molecule has 2 rings (SSSR count). The van der Waals surface area contributed by atoms with E-state index in [2.05, 4.69) is 43.5 Å². The van der Waals surface area contributed by atoms with E-state index in [4.69, 9.17) is 17.0 Å². The summed E-state index contributed by atoms with van der Waals surface area (Å²) in [4.78, 5) is 39.8. The minimum absolute atomic E-state index is 0.105. The van der Waals surface area contributed by atoms with E-state index in [0.717, 1.165) is 31.2 Å². The number of carbonyl (C=O) groups is 3. The van der Waals surface area contributed by atoms with Crippen molar-refractivity contribution in [1.82, 2.24) is 15.5 Å². The highest BCUT2D eigenvalue weighted by Gasteiger charge is 2.34. The quantitative estimate of drug-likeness (QED) is 0.134. The van der Waals surface area contributed by atoms with Crippen molar-refractivity contribution in [2.24, 2.45) is 5.92 Å². The van der Waals surface area contributed by atoms with Crippen molar-refractivity contribution in [3.05, 3.63) is 35.4 Å². The Hall–Kier alpha value is -2.48. The number of unbranched alkanes of at least 4 members (excludes halogenated alkanes) is 9. The lowest BCUT2D eigenvalue weighted by molar-refractivity contribution is -0.147. The third-order valence-electron chi connectivity index (χ3n) is 7.46. The molecule has 0 aromatic heterocycles. The monoisotopic (exact) mass is 573 g/mol. The molecule has 2 unspecified atom stereocenters. The summed E-state index contributed by atoms with van der Waals surface area (Å²) in [6.07, 6.45) is 13.0. The van der Waals surface area contributed by atoms with E-state index in [1.54, 1.807) is 4.90 Å². The molecule has 0 spiro atoms. The summed E-state index contributed by atoms with van der Waals surface area (Å²) in [5.74, 6) is -0.792. The van der Waals surface area contributed by atoms with Gasteiger partial charge in [0.05, 0.1) is 18.9 Å². The van der Waals surface area contributed by atoms with Crippen LogP contribution in [0.15, 0.2) is 24.3 Å². The summed E-state index contributed by atoms with van der Waals surface area (Å²) < 4.78 is 5.43. The molecule has 40 heavy (non-hydrogen) atoms. The van der Waals surface area contributed by atoms with Crippen molar-refractivity contribution in [2.45, 2.75) is 117 Å². The number of benzene rings is 1. The number of piperazine rings is 1. The molecule has 1 heterocycles. The number of hydrogen-bond donors (Lipinski definition) is 2. The molecule has 7 nitrogen and oxygen atoms in total. The number of amides is 2. The number of thiocarbonyl (C=S) groups is 1. The number of carbonyl (C=O) groups excluding carboxylic acids is 3. The first-order valence-corrected chi connectivity index (χ1v) is 15.8. The Balaban J connectivity index is 1.76. The lowest BCUT2D eigenvalue weighted by atomic mass is 9.96. The lowest BCUT2D eigenvalue weighted by Gasteiger charge is -2.36. The second kappa shape index (κ2) is 18.8. The SMILES string of the molecule is CCCCCCCCCCCCOC(=O)CC1C(=O)NCCN1C(=S)NC(=O)C(C)c1ccc(CC(C)C)cc1. The van der Waals surface area contributed by atoms with Crippen LogP contribution in [0.1, 0.15) is 115 Å². The number of rotatable bonds is 17. The van der Waals surface area contributed by atoms with Crippen LogP contribution >= 0.6 is 12.2 Å². The first-order chi connectivity index (χ1) is 19.2. The van der Waals surface area contributed by atoms with Crippen molar-refractivity contribution >= 4 is 35.1 Å². The first-order valence-electron chi connectivity index (χ1n) is 15.4. The fourth-order valence-corrected chi connectivity index (χ4v) is 5.32. The van der Waals surface area contributed by atoms with Gasteiger partial charge in [-0.3, -0.25) is 14.4 Å². The van der Waals surface area contributed by atoms with Gasteiger partial charge in [0, 0.05) is 13.1 Å². The van der Waals surface area contributed by atoms with Crippen LogP contribution in [0.4, 0.5) is 0 Å². The van der Waals surface area contributed by atoms with E-state index in [0.29, 0.717) is 25.6 Å². The molecule has 1 aliphatic rings. The third-order valence-corrected chi connectivity index (χ3v) is 7.80. The van der Waals surface area contributed by atoms with Gasteiger partial charge in [-0.15, -0.1) is 0 Å². The fourth-order valence-electron chi connectivity index (χ4n) is 5.00. The largest absolute Gasteiger partial charge is 0.466 e. The van der Waals surface area contributed by atoms with Crippen LogP contribution in [0.2, 0.25) is 0 Å². The second-order valence-electron chi connectivity index (χ2n) is 11.5. The van der Waals surface area contributed by atoms with Gasteiger partial charge in [-0.25, -0.2) is 0 Å². The van der Waals surface area contributed by atoms with Gasteiger partial charge in [0.25, 0.3) is 0 Å². The molecule has 2 atom stereocenters. The normalized spacial score (nSPS) is 16.0. The van der Waals surface area contributed by atoms with Gasteiger partial charge in [0.1, 0.15) is 6.04 Å². The number of ether oxygens (including phenoxy) is 1. The summed E-state index contributed by atoms with van der Waals surface area (Å²) in [6, 6.07) is 7.28. The van der Waals surface area contributed by atoms with E-state index in [9.17, 15) is 14.4 Å². The van der Waals surface area contributed by atoms with E-state index in [1.165, 1.54) is 50.5 Å². The summed E-state index contributed by atoms with van der Waals surface area (Å²) in [6.45, 7) is 9.59. The number of nitrogens with zero attached hydrogens (tertiary/aromatic N) is 1. The van der Waals surface area contributed by atoms with Gasteiger partial charge >= 0.3 is 5.97 Å². The molecule has 2 amide bonds. The van der Waals surface area contributed by atoms with E-state index in [-0.39, 0.29) is 23.3 Å². The Labute approximate surface area is 247 Å². The molecule has 224 valence electrons. The Morgan fingerprint density at radius 1 is 1.00 bits per heavy atom. The predicted octanol–water partition coefficient (Wildman–Crippen LogP) is 6.04. The van der Waals surface area contributed by atoms with Crippen molar-refractivity contribution in [3.63, 3.8) is 0 Å². The lowest BCUT2D eigenvalue weighted by Crippen LogP contribution is -2.60. The molecule has 1 aromatic rings. The molecule has 0 saturated carbocycles. The minimum Gasteiger partial charge on any atom is -0.466 e. The molecular weight excluding hydrogens is 522 g/mol. The van der Waals surface area contributed by atoms with Crippen LogP contribution < -0.4 is 10.6 Å². The van der Waals surface area contributed by atoms with Crippen LogP contribution in [0.3, 0.4) is 0 Å². The van der Waals surface area contributed by atoms with Crippen LogP contribution in [-0.2, 0) is 25.5 Å². The molecule has 1 fully saturated rings. The van der Waals surface area contributed by atoms with Gasteiger partial charge in [-0.2, -0.15) is 0 Å². The van der Waals surface area contributed by atoms with Gasteiger partial charge < -0.3 is 20.3 Å². The smallest absolute Gasteiger partial charge is 0.308 e. The summed E-state index contributed by atoms with van der Waals surface area (Å²) in [7, 11) is 0. The molecule has 1 saturated heterocycles. The standard InChI is InChI=1S/C32H51N3O4S/c1-5-6-7-8-9-10-11-12-13-14-21-39-29(36)23-28-31(38)33-19-20-35(28)32(40)34-30(37)25(4)27-17-15-26(16-18-27)22-24(2)3/h15-18,24-25,28H,5-14,19-23H2,1-4H3,(H,33,38)(H,34,37,40). The van der Waals surface area contributed by atoms with E-state index >= 15 is 0 Å². The fraction of sp³-hybridized carbons (Fsp3) is 0.688. The Kier molecular flexibility index (Phi) is 15.8. The van der Waals surface area contributed by atoms with Crippen molar-refractivity contribution in [2.75, 3.05) is 19.7 Å². The van der Waals surface area contributed by atoms with Gasteiger partial charge in [-0.05, 0) is 49.0 Å². The summed E-state index contributed by atoms with van der Waals surface area (Å²) >= 11 is 5.52. The van der Waals surface area contributed by atoms with Crippen molar-refractivity contribution in [1.29, 1.82) is 0 Å². The van der Waals surface area contributed by atoms with Crippen LogP contribution in [0, 0.1) is 5.92 Å². The molecule has 0 radical (unpaired) electrons. The maximum Gasteiger partial charge on any atom is 0.308 e. The first kappa shape index (κ1) is 33.7.